The Labute approximate surface area is 71.2 Å². The van der Waals surface area contributed by atoms with Crippen molar-refractivity contribution < 1.29 is 0 Å². The molecule has 0 saturated carbocycles. The summed E-state index contributed by atoms with van der Waals surface area (Å²) in [4.78, 5) is 0. The van der Waals surface area contributed by atoms with Crippen molar-refractivity contribution >= 4 is 12.4 Å². The largest absolute Gasteiger partial charge is 0.321 e. The Morgan fingerprint density at radius 1 is 1.64 bits per heavy atom. The number of rotatable bonds is 0. The highest BCUT2D eigenvalue weighted by Crippen LogP contribution is 2.18. The second kappa shape index (κ2) is 3.19. The number of nitrogens with two attached hydrogens (primary N) is 1. The first-order valence-corrected chi connectivity index (χ1v) is 3.51. The molecule has 1 aromatic heterocycles. The monoisotopic (exact) mass is 174 g/mol. The van der Waals surface area contributed by atoms with Crippen LogP contribution in [0.15, 0.2) is 6.33 Å². The lowest BCUT2D eigenvalue weighted by Crippen LogP contribution is -2.21. The summed E-state index contributed by atoms with van der Waals surface area (Å²) in [7, 11) is 0. The summed E-state index contributed by atoms with van der Waals surface area (Å²) in [5, 5.41) is 7.71. The summed E-state index contributed by atoms with van der Waals surface area (Å²) < 4.78 is 2.02. The van der Waals surface area contributed by atoms with Crippen LogP contribution in [0, 0.1) is 0 Å². The van der Waals surface area contributed by atoms with E-state index >= 15 is 0 Å². The van der Waals surface area contributed by atoms with Gasteiger partial charge in [-0.25, -0.2) is 0 Å². The van der Waals surface area contributed by atoms with Gasteiger partial charge in [0.2, 0.25) is 0 Å². The second-order valence-electron chi connectivity index (χ2n) is 2.63. The topological polar surface area (TPSA) is 56.7 Å². The van der Waals surface area contributed by atoms with Crippen LogP contribution >= 0.6 is 12.4 Å². The number of aromatic nitrogens is 3. The van der Waals surface area contributed by atoms with Gasteiger partial charge >= 0.3 is 0 Å². The fourth-order valence-electron chi connectivity index (χ4n) is 1.33. The summed E-state index contributed by atoms with van der Waals surface area (Å²) in [5.74, 6) is 0.936. The minimum absolute atomic E-state index is 0. The van der Waals surface area contributed by atoms with Crippen LogP contribution in [0.25, 0.3) is 0 Å². The first-order valence-electron chi connectivity index (χ1n) is 3.51. The molecule has 1 aliphatic heterocycles. The number of nitrogens with zero attached hydrogens (tertiary/aromatic N) is 3. The Bertz CT molecular complexity index is 234. The Kier molecular flexibility index (Phi) is 2.46. The van der Waals surface area contributed by atoms with E-state index in [0.29, 0.717) is 0 Å². The molecular weight excluding hydrogens is 164 g/mol. The van der Waals surface area contributed by atoms with E-state index in [9.17, 15) is 0 Å². The Balaban J connectivity index is 0.000000605. The van der Waals surface area contributed by atoms with E-state index in [2.05, 4.69) is 10.2 Å². The number of fused-ring (bicyclic) bond motifs is 1. The molecule has 0 amide bonds. The number of hydrogen-bond donors (Lipinski definition) is 1. The molecule has 11 heavy (non-hydrogen) atoms. The zero-order valence-corrected chi connectivity index (χ0v) is 6.92. The Morgan fingerprint density at radius 2 is 2.45 bits per heavy atom. The fraction of sp³-hybridized carbons (Fsp3) is 0.667. The Morgan fingerprint density at radius 3 is 3.18 bits per heavy atom. The van der Waals surface area contributed by atoms with Gasteiger partial charge in [-0.3, -0.25) is 0 Å². The van der Waals surface area contributed by atoms with Crippen molar-refractivity contribution in [3.63, 3.8) is 0 Å². The van der Waals surface area contributed by atoms with Gasteiger partial charge in [0.05, 0.1) is 6.04 Å². The molecule has 62 valence electrons. The van der Waals surface area contributed by atoms with E-state index in [1.54, 1.807) is 6.33 Å². The van der Waals surface area contributed by atoms with Gasteiger partial charge in [0.15, 0.2) is 0 Å². The van der Waals surface area contributed by atoms with Crippen molar-refractivity contribution in [2.24, 2.45) is 5.73 Å². The highest BCUT2D eigenvalue weighted by Gasteiger charge is 2.17. The standard InChI is InChI=1S/C6H10N4.ClH/c7-5-2-1-3-10-4-8-9-6(5)10;/h4-5H,1-3,7H2;1H. The average Bonchev–Trinajstić information content (AvgIpc) is 2.36. The molecule has 0 saturated heterocycles. The predicted octanol–water partition coefficient (Wildman–Crippen LogP) is 0.494. The van der Waals surface area contributed by atoms with Gasteiger partial charge in [0.25, 0.3) is 0 Å². The third kappa shape index (κ3) is 1.36. The number of halogens is 1. The number of hydrogen-bond acceptors (Lipinski definition) is 3. The average molecular weight is 175 g/mol. The molecule has 2 rings (SSSR count). The van der Waals surface area contributed by atoms with E-state index in [1.165, 1.54) is 0 Å². The normalized spacial score (nSPS) is 22.1. The number of aryl methyl sites for hydroxylation is 1. The van der Waals surface area contributed by atoms with Crippen molar-refractivity contribution in [3.05, 3.63) is 12.2 Å². The molecular formula is C6H11ClN4. The van der Waals surface area contributed by atoms with Gasteiger partial charge in [-0.1, -0.05) is 0 Å². The molecule has 0 radical (unpaired) electrons. The van der Waals surface area contributed by atoms with Gasteiger partial charge in [0.1, 0.15) is 12.2 Å². The first-order chi connectivity index (χ1) is 4.88. The van der Waals surface area contributed by atoms with Crippen LogP contribution in [0.1, 0.15) is 24.7 Å². The smallest absolute Gasteiger partial charge is 0.149 e. The zero-order chi connectivity index (χ0) is 6.97. The van der Waals surface area contributed by atoms with Crippen LogP contribution in [-0.2, 0) is 6.54 Å². The maximum absolute atomic E-state index is 5.77. The molecule has 0 bridgehead atoms. The van der Waals surface area contributed by atoms with Crippen LogP contribution in [0.3, 0.4) is 0 Å². The van der Waals surface area contributed by atoms with Crippen LogP contribution < -0.4 is 5.73 Å². The molecule has 1 aliphatic rings. The molecule has 2 heterocycles. The van der Waals surface area contributed by atoms with Crippen LogP contribution in [-0.4, -0.2) is 14.8 Å². The van der Waals surface area contributed by atoms with E-state index in [-0.39, 0.29) is 18.4 Å². The third-order valence-electron chi connectivity index (χ3n) is 1.89. The van der Waals surface area contributed by atoms with Crippen molar-refractivity contribution in [2.45, 2.75) is 25.4 Å². The lowest BCUT2D eigenvalue weighted by molar-refractivity contribution is 0.451. The molecule has 1 unspecified atom stereocenters. The van der Waals surface area contributed by atoms with Gasteiger partial charge in [-0.2, -0.15) is 0 Å². The molecule has 4 nitrogen and oxygen atoms in total. The maximum Gasteiger partial charge on any atom is 0.149 e. The van der Waals surface area contributed by atoms with E-state index in [1.807, 2.05) is 4.57 Å². The van der Waals surface area contributed by atoms with Crippen LogP contribution in [0.5, 0.6) is 0 Å². The van der Waals surface area contributed by atoms with Crippen molar-refractivity contribution in [1.29, 1.82) is 0 Å². The van der Waals surface area contributed by atoms with E-state index in [0.717, 1.165) is 25.2 Å². The lowest BCUT2D eigenvalue weighted by atomic mass is 10.1. The van der Waals surface area contributed by atoms with Gasteiger partial charge in [-0.15, -0.1) is 22.6 Å². The van der Waals surface area contributed by atoms with Crippen molar-refractivity contribution in [3.8, 4) is 0 Å². The van der Waals surface area contributed by atoms with Gasteiger partial charge in [0, 0.05) is 6.54 Å². The summed E-state index contributed by atoms with van der Waals surface area (Å²) in [5.41, 5.74) is 5.77. The fourth-order valence-corrected chi connectivity index (χ4v) is 1.33. The van der Waals surface area contributed by atoms with Gasteiger partial charge < -0.3 is 10.3 Å². The minimum atomic E-state index is 0. The lowest BCUT2D eigenvalue weighted by Gasteiger charge is -2.17. The summed E-state index contributed by atoms with van der Waals surface area (Å²) in [6.45, 7) is 1.02. The zero-order valence-electron chi connectivity index (χ0n) is 6.10. The predicted molar refractivity (Wildman–Crippen MR) is 43.4 cm³/mol. The van der Waals surface area contributed by atoms with Crippen molar-refractivity contribution in [2.75, 3.05) is 0 Å². The maximum atomic E-state index is 5.77. The Hall–Kier alpha value is -0.610. The van der Waals surface area contributed by atoms with Gasteiger partial charge in [-0.05, 0) is 12.8 Å². The SMILES string of the molecule is Cl.NC1CCCn2cnnc21. The van der Waals surface area contributed by atoms with Crippen LogP contribution in [0.2, 0.25) is 0 Å². The highest BCUT2D eigenvalue weighted by atomic mass is 35.5. The first kappa shape index (κ1) is 8.49. The molecule has 2 N–H and O–H groups in total. The molecule has 1 aromatic rings. The molecule has 0 aromatic carbocycles. The third-order valence-corrected chi connectivity index (χ3v) is 1.89. The highest BCUT2D eigenvalue weighted by molar-refractivity contribution is 5.85. The summed E-state index contributed by atoms with van der Waals surface area (Å²) >= 11 is 0. The van der Waals surface area contributed by atoms with E-state index in [4.69, 9.17) is 5.73 Å². The summed E-state index contributed by atoms with van der Waals surface area (Å²) in [6, 6.07) is 0.108. The second-order valence-corrected chi connectivity index (χ2v) is 2.63. The quantitative estimate of drug-likeness (QED) is 0.623. The molecule has 1 atom stereocenters. The van der Waals surface area contributed by atoms with Crippen LogP contribution in [0.4, 0.5) is 0 Å². The molecule has 0 fully saturated rings. The molecule has 0 spiro atoms. The van der Waals surface area contributed by atoms with Crippen molar-refractivity contribution in [1.82, 2.24) is 14.8 Å². The summed E-state index contributed by atoms with van der Waals surface area (Å²) in [6.07, 6.45) is 3.93. The van der Waals surface area contributed by atoms with E-state index < -0.39 is 0 Å². The molecule has 0 aliphatic carbocycles. The molecule has 5 heteroatoms. The minimum Gasteiger partial charge on any atom is -0.321 e.